The molecule has 2 nitrogen and oxygen atoms in total. The lowest BCUT2D eigenvalue weighted by Gasteiger charge is -2.14. The van der Waals surface area contributed by atoms with Crippen LogP contribution in [0.1, 0.15) is 45.1 Å². The van der Waals surface area contributed by atoms with Crippen LogP contribution in [0.2, 0.25) is 10.0 Å². The van der Waals surface area contributed by atoms with Crippen molar-refractivity contribution in [2.75, 3.05) is 6.54 Å². The summed E-state index contributed by atoms with van der Waals surface area (Å²) < 4.78 is 0. The molecule has 1 N–H and O–H groups in total. The normalized spacial score (nSPS) is 12.6. The molecule has 0 saturated heterocycles. The molecule has 0 saturated carbocycles. The van der Waals surface area contributed by atoms with E-state index in [1.807, 2.05) is 0 Å². The number of carbonyl (C=O) groups is 1. The minimum Gasteiger partial charge on any atom is -0.352 e. The van der Waals surface area contributed by atoms with Gasteiger partial charge in [-0.05, 0) is 30.5 Å². The molecular weight excluding hydrogens is 305 g/mol. The van der Waals surface area contributed by atoms with Crippen molar-refractivity contribution < 1.29 is 4.79 Å². The highest BCUT2D eigenvalue weighted by atomic mass is 35.5. The SMILES string of the molecule is CCCCC(CC)CNC(=O)C=Cc1c(Cl)cccc1Cl. The molecule has 4 heteroatoms. The predicted octanol–water partition coefficient (Wildman–Crippen LogP) is 5.34. The summed E-state index contributed by atoms with van der Waals surface area (Å²) in [5.41, 5.74) is 0.675. The van der Waals surface area contributed by atoms with E-state index >= 15 is 0 Å². The Morgan fingerprint density at radius 3 is 2.52 bits per heavy atom. The highest BCUT2D eigenvalue weighted by molar-refractivity contribution is 6.37. The first-order valence-electron chi connectivity index (χ1n) is 7.48. The minimum atomic E-state index is -0.110. The third kappa shape index (κ3) is 6.54. The van der Waals surface area contributed by atoms with Crippen LogP contribution in [0.4, 0.5) is 0 Å². The standard InChI is InChI=1S/C17H23Cl2NO/c1-3-5-7-13(4-2)12-20-17(21)11-10-14-15(18)8-6-9-16(14)19/h6,8-11,13H,3-5,7,12H2,1-2H3,(H,20,21). The molecule has 0 aliphatic carbocycles. The second kappa shape index (κ2) is 9.86. The zero-order chi connectivity index (χ0) is 15.7. The topological polar surface area (TPSA) is 29.1 Å². The van der Waals surface area contributed by atoms with Crippen molar-refractivity contribution in [2.45, 2.75) is 39.5 Å². The van der Waals surface area contributed by atoms with Gasteiger partial charge >= 0.3 is 0 Å². The molecule has 0 radical (unpaired) electrons. The van der Waals surface area contributed by atoms with E-state index in [1.54, 1.807) is 24.3 Å². The van der Waals surface area contributed by atoms with Crippen LogP contribution in [0.25, 0.3) is 6.08 Å². The molecule has 1 unspecified atom stereocenters. The molecule has 21 heavy (non-hydrogen) atoms. The summed E-state index contributed by atoms with van der Waals surface area (Å²) in [4.78, 5) is 11.8. The summed E-state index contributed by atoms with van der Waals surface area (Å²) in [6.45, 7) is 5.06. The van der Waals surface area contributed by atoms with Crippen LogP contribution < -0.4 is 5.32 Å². The van der Waals surface area contributed by atoms with Gasteiger partial charge in [0.05, 0.1) is 0 Å². The fourth-order valence-electron chi connectivity index (χ4n) is 2.08. The lowest BCUT2D eigenvalue weighted by atomic mass is 9.99. The second-order valence-electron chi connectivity index (χ2n) is 5.13. The maximum atomic E-state index is 11.8. The Kier molecular flexibility index (Phi) is 8.48. The lowest BCUT2D eigenvalue weighted by molar-refractivity contribution is -0.116. The molecule has 1 rings (SSSR count). The summed E-state index contributed by atoms with van der Waals surface area (Å²) >= 11 is 12.1. The third-order valence-electron chi connectivity index (χ3n) is 3.51. The van der Waals surface area contributed by atoms with Gasteiger partial charge in [-0.1, -0.05) is 62.4 Å². The van der Waals surface area contributed by atoms with Crippen molar-refractivity contribution in [1.29, 1.82) is 0 Å². The molecule has 1 aromatic rings. The summed E-state index contributed by atoms with van der Waals surface area (Å²) in [5.74, 6) is 0.437. The Morgan fingerprint density at radius 2 is 1.95 bits per heavy atom. The zero-order valence-electron chi connectivity index (χ0n) is 12.7. The monoisotopic (exact) mass is 327 g/mol. The van der Waals surface area contributed by atoms with E-state index in [2.05, 4.69) is 19.2 Å². The van der Waals surface area contributed by atoms with Crippen molar-refractivity contribution in [2.24, 2.45) is 5.92 Å². The Hall–Kier alpha value is -0.990. The van der Waals surface area contributed by atoms with E-state index in [9.17, 15) is 4.79 Å². The first-order valence-corrected chi connectivity index (χ1v) is 8.24. The van der Waals surface area contributed by atoms with Crippen molar-refractivity contribution in [3.63, 3.8) is 0 Å². The van der Waals surface area contributed by atoms with Crippen molar-refractivity contribution in [3.05, 3.63) is 39.9 Å². The molecule has 0 aliphatic rings. The van der Waals surface area contributed by atoms with Gasteiger partial charge in [0.15, 0.2) is 0 Å². The van der Waals surface area contributed by atoms with Crippen LogP contribution in [0.5, 0.6) is 0 Å². The van der Waals surface area contributed by atoms with Gasteiger partial charge in [0, 0.05) is 28.2 Å². The predicted molar refractivity (Wildman–Crippen MR) is 91.8 cm³/mol. The highest BCUT2D eigenvalue weighted by Gasteiger charge is 2.07. The summed E-state index contributed by atoms with van der Waals surface area (Å²) in [5, 5.41) is 4.02. The zero-order valence-corrected chi connectivity index (χ0v) is 14.2. The maximum Gasteiger partial charge on any atom is 0.244 e. The Balaban J connectivity index is 2.51. The van der Waals surface area contributed by atoms with E-state index in [1.165, 1.54) is 18.9 Å². The van der Waals surface area contributed by atoms with E-state index in [0.717, 1.165) is 19.4 Å². The fourth-order valence-corrected chi connectivity index (χ4v) is 2.60. The molecule has 116 valence electrons. The van der Waals surface area contributed by atoms with E-state index < -0.39 is 0 Å². The van der Waals surface area contributed by atoms with Gasteiger partial charge in [0.25, 0.3) is 0 Å². The molecule has 0 heterocycles. The summed E-state index contributed by atoms with van der Waals surface area (Å²) in [7, 11) is 0. The van der Waals surface area contributed by atoms with Crippen LogP contribution in [0.15, 0.2) is 24.3 Å². The molecule has 0 fully saturated rings. The number of benzene rings is 1. The van der Waals surface area contributed by atoms with Crippen molar-refractivity contribution in [3.8, 4) is 0 Å². The third-order valence-corrected chi connectivity index (χ3v) is 4.17. The van der Waals surface area contributed by atoms with E-state index in [0.29, 0.717) is 21.5 Å². The largest absolute Gasteiger partial charge is 0.352 e. The number of rotatable bonds is 8. The van der Waals surface area contributed by atoms with Gasteiger partial charge in [-0.2, -0.15) is 0 Å². The van der Waals surface area contributed by atoms with Crippen LogP contribution in [0.3, 0.4) is 0 Å². The molecule has 0 aromatic heterocycles. The van der Waals surface area contributed by atoms with Crippen LogP contribution >= 0.6 is 23.2 Å². The Morgan fingerprint density at radius 1 is 1.29 bits per heavy atom. The average molecular weight is 328 g/mol. The molecule has 0 spiro atoms. The smallest absolute Gasteiger partial charge is 0.244 e. The van der Waals surface area contributed by atoms with Crippen LogP contribution in [-0.2, 0) is 4.79 Å². The maximum absolute atomic E-state index is 11.8. The van der Waals surface area contributed by atoms with Gasteiger partial charge in [0.2, 0.25) is 5.91 Å². The summed E-state index contributed by atoms with van der Waals surface area (Å²) in [6, 6.07) is 5.29. The molecule has 1 amide bonds. The fraction of sp³-hybridized carbons (Fsp3) is 0.471. The number of unbranched alkanes of at least 4 members (excludes halogenated alkanes) is 1. The van der Waals surface area contributed by atoms with Gasteiger partial charge < -0.3 is 5.32 Å². The molecular formula is C17H23Cl2NO. The number of hydrogen-bond donors (Lipinski definition) is 1. The van der Waals surface area contributed by atoms with Gasteiger partial charge in [-0.3, -0.25) is 4.79 Å². The quantitative estimate of drug-likeness (QED) is 0.641. The second-order valence-corrected chi connectivity index (χ2v) is 5.94. The summed E-state index contributed by atoms with van der Waals surface area (Å²) in [6.07, 6.45) is 7.79. The lowest BCUT2D eigenvalue weighted by Crippen LogP contribution is -2.27. The van der Waals surface area contributed by atoms with Crippen molar-refractivity contribution in [1.82, 2.24) is 5.32 Å². The van der Waals surface area contributed by atoms with Crippen LogP contribution in [0, 0.1) is 5.92 Å². The Labute approximate surface area is 137 Å². The van der Waals surface area contributed by atoms with Gasteiger partial charge in [-0.25, -0.2) is 0 Å². The molecule has 1 atom stereocenters. The highest BCUT2D eigenvalue weighted by Crippen LogP contribution is 2.25. The first kappa shape index (κ1) is 18.1. The average Bonchev–Trinajstić information content (AvgIpc) is 2.47. The minimum absolute atomic E-state index is 0.110. The number of amides is 1. The Bertz CT molecular complexity index is 465. The molecule has 1 aromatic carbocycles. The van der Waals surface area contributed by atoms with Gasteiger partial charge in [0.1, 0.15) is 0 Å². The van der Waals surface area contributed by atoms with Gasteiger partial charge in [-0.15, -0.1) is 0 Å². The van der Waals surface area contributed by atoms with E-state index in [-0.39, 0.29) is 5.91 Å². The molecule has 0 aliphatic heterocycles. The number of halogens is 2. The number of carbonyl (C=O) groups excluding carboxylic acids is 1. The first-order chi connectivity index (χ1) is 10.1. The number of hydrogen-bond acceptors (Lipinski definition) is 1. The van der Waals surface area contributed by atoms with E-state index in [4.69, 9.17) is 23.2 Å². The number of nitrogens with one attached hydrogen (secondary N) is 1. The van der Waals surface area contributed by atoms with Crippen LogP contribution in [-0.4, -0.2) is 12.5 Å². The van der Waals surface area contributed by atoms with Crippen molar-refractivity contribution >= 4 is 35.2 Å². The molecule has 0 bridgehead atoms.